The first kappa shape index (κ1) is 19.3. The predicted molar refractivity (Wildman–Crippen MR) is 116 cm³/mol. The molecule has 0 unspecified atom stereocenters. The highest BCUT2D eigenvalue weighted by molar-refractivity contribution is 7.99. The maximum absolute atomic E-state index is 12.3. The van der Waals surface area contributed by atoms with Crippen LogP contribution < -0.4 is 5.32 Å². The van der Waals surface area contributed by atoms with Gasteiger partial charge in [0.05, 0.1) is 11.4 Å². The van der Waals surface area contributed by atoms with Gasteiger partial charge in [0, 0.05) is 17.8 Å². The van der Waals surface area contributed by atoms with E-state index in [9.17, 15) is 4.79 Å². The monoisotopic (exact) mass is 422 g/mol. The Morgan fingerprint density at radius 3 is 2.76 bits per heavy atom. The molecule has 7 nitrogen and oxygen atoms in total. The summed E-state index contributed by atoms with van der Waals surface area (Å²) in [6.45, 7) is 4.13. The van der Waals surface area contributed by atoms with Crippen LogP contribution in [-0.2, 0) is 4.79 Å². The van der Waals surface area contributed by atoms with Gasteiger partial charge < -0.3 is 5.32 Å². The first-order chi connectivity index (χ1) is 14.1. The van der Waals surface area contributed by atoms with Crippen LogP contribution in [0.5, 0.6) is 0 Å². The largest absolute Gasteiger partial charge is 0.301 e. The standard InChI is InChI=1S/C20H18N6OS2/c1-13-6-5-8-16(14(13)2)26-18(15-7-3-4-9-21-15)24-25-20(26)29-12-17(27)23-19-22-10-11-28-19/h3-11H,12H2,1-2H3,(H,22,23,27). The lowest BCUT2D eigenvalue weighted by atomic mass is 10.1. The van der Waals surface area contributed by atoms with Gasteiger partial charge in [-0.1, -0.05) is 30.0 Å². The van der Waals surface area contributed by atoms with Crippen molar-refractivity contribution in [2.24, 2.45) is 0 Å². The summed E-state index contributed by atoms with van der Waals surface area (Å²) in [7, 11) is 0. The second-order valence-electron chi connectivity index (χ2n) is 6.25. The summed E-state index contributed by atoms with van der Waals surface area (Å²) in [4.78, 5) is 20.8. The molecule has 0 atom stereocenters. The average Bonchev–Trinajstić information content (AvgIpc) is 3.39. The van der Waals surface area contributed by atoms with Crippen LogP contribution in [0.4, 0.5) is 5.13 Å². The fourth-order valence-electron chi connectivity index (χ4n) is 2.79. The quantitative estimate of drug-likeness (QED) is 0.470. The molecule has 0 fully saturated rings. The number of anilines is 1. The highest BCUT2D eigenvalue weighted by Crippen LogP contribution is 2.29. The van der Waals surface area contributed by atoms with E-state index in [0.29, 0.717) is 16.1 Å². The van der Waals surface area contributed by atoms with Crippen molar-refractivity contribution in [1.29, 1.82) is 0 Å². The molecule has 0 radical (unpaired) electrons. The Hall–Kier alpha value is -3.04. The Morgan fingerprint density at radius 2 is 2.00 bits per heavy atom. The van der Waals surface area contributed by atoms with Gasteiger partial charge in [-0.3, -0.25) is 14.3 Å². The van der Waals surface area contributed by atoms with E-state index in [1.165, 1.54) is 28.7 Å². The third-order valence-corrected chi connectivity index (χ3v) is 5.97. The van der Waals surface area contributed by atoms with Gasteiger partial charge in [0.25, 0.3) is 0 Å². The highest BCUT2D eigenvalue weighted by Gasteiger charge is 2.19. The van der Waals surface area contributed by atoms with Crippen LogP contribution in [0.25, 0.3) is 17.2 Å². The van der Waals surface area contributed by atoms with Gasteiger partial charge in [-0.15, -0.1) is 21.5 Å². The van der Waals surface area contributed by atoms with E-state index in [0.717, 1.165) is 16.9 Å². The van der Waals surface area contributed by atoms with Gasteiger partial charge in [-0.05, 0) is 43.2 Å². The summed E-state index contributed by atoms with van der Waals surface area (Å²) in [6.07, 6.45) is 3.38. The van der Waals surface area contributed by atoms with Crippen molar-refractivity contribution in [1.82, 2.24) is 24.7 Å². The van der Waals surface area contributed by atoms with Crippen LogP contribution in [0.15, 0.2) is 59.3 Å². The van der Waals surface area contributed by atoms with E-state index >= 15 is 0 Å². The molecule has 146 valence electrons. The number of pyridine rings is 1. The van der Waals surface area contributed by atoms with Gasteiger partial charge in [-0.25, -0.2) is 4.98 Å². The van der Waals surface area contributed by atoms with E-state index in [1.807, 2.05) is 40.3 Å². The van der Waals surface area contributed by atoms with Crippen LogP contribution in [0, 0.1) is 13.8 Å². The lowest BCUT2D eigenvalue weighted by molar-refractivity contribution is -0.113. The van der Waals surface area contributed by atoms with E-state index < -0.39 is 0 Å². The number of carbonyl (C=O) groups is 1. The summed E-state index contributed by atoms with van der Waals surface area (Å²) >= 11 is 2.71. The molecule has 0 saturated heterocycles. The average molecular weight is 423 g/mol. The second kappa shape index (κ2) is 8.54. The number of thiazole rings is 1. The molecule has 1 N–H and O–H groups in total. The van der Waals surface area contributed by atoms with E-state index in [2.05, 4.69) is 45.4 Å². The molecule has 1 aromatic carbocycles. The molecule has 0 saturated carbocycles. The lowest BCUT2D eigenvalue weighted by Gasteiger charge is -2.14. The molecule has 3 aromatic heterocycles. The number of aryl methyl sites for hydroxylation is 1. The van der Waals surface area contributed by atoms with Crippen molar-refractivity contribution in [3.05, 3.63) is 65.3 Å². The van der Waals surface area contributed by atoms with Crippen molar-refractivity contribution >= 4 is 34.1 Å². The lowest BCUT2D eigenvalue weighted by Crippen LogP contribution is -2.14. The topological polar surface area (TPSA) is 85.6 Å². The van der Waals surface area contributed by atoms with Crippen molar-refractivity contribution < 1.29 is 4.79 Å². The molecule has 0 aliphatic carbocycles. The Kier molecular flexibility index (Phi) is 5.68. The van der Waals surface area contributed by atoms with Crippen LogP contribution in [-0.4, -0.2) is 36.4 Å². The van der Waals surface area contributed by atoms with Gasteiger partial charge >= 0.3 is 0 Å². The number of thioether (sulfide) groups is 1. The Bertz CT molecular complexity index is 1130. The smallest absolute Gasteiger partial charge is 0.236 e. The number of aromatic nitrogens is 5. The van der Waals surface area contributed by atoms with Gasteiger partial charge in [0.2, 0.25) is 5.91 Å². The van der Waals surface area contributed by atoms with E-state index in [4.69, 9.17) is 0 Å². The Labute approximate surface area is 176 Å². The molecule has 1 amide bonds. The van der Waals surface area contributed by atoms with E-state index in [1.54, 1.807) is 12.4 Å². The third-order valence-electron chi connectivity index (χ3n) is 4.36. The van der Waals surface area contributed by atoms with Crippen molar-refractivity contribution in [3.8, 4) is 17.2 Å². The molecule has 29 heavy (non-hydrogen) atoms. The van der Waals surface area contributed by atoms with Crippen LogP contribution in [0.2, 0.25) is 0 Å². The summed E-state index contributed by atoms with van der Waals surface area (Å²) in [5.41, 5.74) is 3.98. The minimum absolute atomic E-state index is 0.139. The molecule has 0 aliphatic heterocycles. The van der Waals surface area contributed by atoms with Crippen LogP contribution >= 0.6 is 23.1 Å². The fourth-order valence-corrected chi connectivity index (χ4v) is 4.08. The minimum Gasteiger partial charge on any atom is -0.301 e. The van der Waals surface area contributed by atoms with Crippen molar-refractivity contribution in [3.63, 3.8) is 0 Å². The SMILES string of the molecule is Cc1cccc(-n2c(SCC(=O)Nc3nccs3)nnc2-c2ccccn2)c1C. The number of nitrogens with zero attached hydrogens (tertiary/aromatic N) is 5. The molecule has 0 bridgehead atoms. The summed E-state index contributed by atoms with van der Waals surface area (Å²) in [5, 5.41) is 14.6. The first-order valence-corrected chi connectivity index (χ1v) is 10.8. The highest BCUT2D eigenvalue weighted by atomic mass is 32.2. The molecular weight excluding hydrogens is 404 g/mol. The van der Waals surface area contributed by atoms with Gasteiger partial charge in [-0.2, -0.15) is 0 Å². The minimum atomic E-state index is -0.139. The Morgan fingerprint density at radius 1 is 1.10 bits per heavy atom. The van der Waals surface area contributed by atoms with Gasteiger partial charge in [0.15, 0.2) is 16.1 Å². The number of nitrogens with one attached hydrogen (secondary N) is 1. The maximum Gasteiger partial charge on any atom is 0.236 e. The van der Waals surface area contributed by atoms with E-state index in [-0.39, 0.29) is 11.7 Å². The molecule has 4 rings (SSSR count). The molecule has 3 heterocycles. The Balaban J connectivity index is 1.68. The number of hydrogen-bond donors (Lipinski definition) is 1. The number of carbonyl (C=O) groups excluding carboxylic acids is 1. The number of rotatable bonds is 6. The molecular formula is C20H18N6OS2. The first-order valence-electron chi connectivity index (χ1n) is 8.89. The number of amides is 1. The molecule has 9 heteroatoms. The van der Waals surface area contributed by atoms with Crippen molar-refractivity contribution in [2.75, 3.05) is 11.1 Å². The molecule has 4 aromatic rings. The van der Waals surface area contributed by atoms with Crippen molar-refractivity contribution in [2.45, 2.75) is 19.0 Å². The van der Waals surface area contributed by atoms with Gasteiger partial charge in [0.1, 0.15) is 5.69 Å². The zero-order valence-electron chi connectivity index (χ0n) is 15.9. The third kappa shape index (κ3) is 4.20. The zero-order valence-corrected chi connectivity index (χ0v) is 17.5. The second-order valence-corrected chi connectivity index (χ2v) is 8.09. The van der Waals surface area contributed by atoms with Crippen LogP contribution in [0.1, 0.15) is 11.1 Å². The summed E-state index contributed by atoms with van der Waals surface area (Å²) < 4.78 is 1.96. The zero-order chi connectivity index (χ0) is 20.2. The normalized spacial score (nSPS) is 10.8. The van der Waals surface area contributed by atoms with Crippen LogP contribution in [0.3, 0.4) is 0 Å². The number of benzene rings is 1. The maximum atomic E-state index is 12.3. The molecule has 0 spiro atoms. The predicted octanol–water partition coefficient (Wildman–Crippen LogP) is 4.13. The summed E-state index contributed by atoms with van der Waals surface area (Å²) in [6, 6.07) is 11.8. The number of hydrogen-bond acceptors (Lipinski definition) is 7. The fraction of sp³-hybridized carbons (Fsp3) is 0.150. The molecule has 0 aliphatic rings. The summed E-state index contributed by atoms with van der Waals surface area (Å²) in [5.74, 6) is 0.701.